The zero-order chi connectivity index (χ0) is 28.0. The Labute approximate surface area is 216 Å². The van der Waals surface area contributed by atoms with E-state index in [0.29, 0.717) is 12.0 Å². The van der Waals surface area contributed by atoms with Crippen LogP contribution < -0.4 is 22.1 Å². The Morgan fingerprint density at radius 1 is 1.03 bits per heavy atom. The highest BCUT2D eigenvalue weighted by molar-refractivity contribution is 5.97. The second kappa shape index (κ2) is 12.2. The largest absolute Gasteiger partial charge is 0.481 e. The molecule has 0 aliphatic carbocycles. The van der Waals surface area contributed by atoms with E-state index in [1.165, 1.54) is 4.90 Å². The van der Waals surface area contributed by atoms with Gasteiger partial charge in [0.1, 0.15) is 18.1 Å². The standard InChI is InChI=1S/C24H30N6O8/c25-14(9-19(26)31)21(34)28-16(10-20(32)33)22(35)29-17(23(36)30-7-3-6-18(30)24(37)38)8-12-11-27-15-5-2-1-4-13(12)15/h1-2,4-5,11,14,16-18,27H,3,6-10,25H2,(H2,26,31)(H,28,34)(H,29,35)(H,32,33)(H,37,38). The molecular formula is C24H30N6O8. The normalized spacial score (nSPS) is 17.4. The van der Waals surface area contributed by atoms with Crippen LogP contribution in [0.15, 0.2) is 30.5 Å². The number of carbonyl (C=O) groups excluding carboxylic acids is 4. The highest BCUT2D eigenvalue weighted by Crippen LogP contribution is 2.23. The number of amides is 4. The fourth-order valence-electron chi connectivity index (χ4n) is 4.45. The average molecular weight is 531 g/mol. The van der Waals surface area contributed by atoms with E-state index >= 15 is 0 Å². The van der Waals surface area contributed by atoms with Crippen molar-refractivity contribution in [2.24, 2.45) is 11.5 Å². The summed E-state index contributed by atoms with van der Waals surface area (Å²) in [4.78, 5) is 77.5. The SMILES string of the molecule is NC(=O)CC(N)C(=O)NC(CC(=O)O)C(=O)NC(Cc1c[nH]c2ccccc12)C(=O)N1CCCC1C(=O)O. The van der Waals surface area contributed by atoms with Gasteiger partial charge in [0.15, 0.2) is 0 Å². The number of aromatic nitrogens is 1. The predicted molar refractivity (Wildman–Crippen MR) is 132 cm³/mol. The first-order valence-electron chi connectivity index (χ1n) is 11.9. The Kier molecular flexibility index (Phi) is 9.02. The van der Waals surface area contributed by atoms with Crippen molar-refractivity contribution in [3.63, 3.8) is 0 Å². The van der Waals surface area contributed by atoms with Gasteiger partial charge in [0.25, 0.3) is 0 Å². The zero-order valence-corrected chi connectivity index (χ0v) is 20.4. The molecule has 9 N–H and O–H groups in total. The number of rotatable bonds is 12. The number of likely N-dealkylation sites (tertiary alicyclic amines) is 1. The average Bonchev–Trinajstić information content (AvgIpc) is 3.50. The fourth-order valence-corrected chi connectivity index (χ4v) is 4.45. The van der Waals surface area contributed by atoms with Crippen LogP contribution in [0, 0.1) is 0 Å². The van der Waals surface area contributed by atoms with Crippen molar-refractivity contribution in [3.05, 3.63) is 36.0 Å². The second-order valence-electron chi connectivity index (χ2n) is 9.09. The Morgan fingerprint density at radius 2 is 1.71 bits per heavy atom. The molecule has 0 radical (unpaired) electrons. The lowest BCUT2D eigenvalue weighted by molar-refractivity contribution is -0.149. The van der Waals surface area contributed by atoms with Gasteiger partial charge in [-0.3, -0.25) is 24.0 Å². The number of hydrogen-bond donors (Lipinski definition) is 7. The van der Waals surface area contributed by atoms with Crippen LogP contribution in [0.5, 0.6) is 0 Å². The van der Waals surface area contributed by atoms with E-state index in [-0.39, 0.29) is 19.4 Å². The van der Waals surface area contributed by atoms with Gasteiger partial charge in [-0.25, -0.2) is 4.79 Å². The highest BCUT2D eigenvalue weighted by Gasteiger charge is 2.39. The van der Waals surface area contributed by atoms with Crippen LogP contribution in [0.25, 0.3) is 10.9 Å². The van der Waals surface area contributed by atoms with Gasteiger partial charge < -0.3 is 42.2 Å². The van der Waals surface area contributed by atoms with Gasteiger partial charge in [0.05, 0.1) is 18.9 Å². The Balaban J connectivity index is 1.87. The van der Waals surface area contributed by atoms with Crippen LogP contribution in [-0.4, -0.2) is 86.4 Å². The molecule has 2 aromatic rings. The van der Waals surface area contributed by atoms with Gasteiger partial charge in [-0.1, -0.05) is 18.2 Å². The van der Waals surface area contributed by atoms with E-state index in [2.05, 4.69) is 15.6 Å². The number of benzene rings is 1. The van der Waals surface area contributed by atoms with Crippen LogP contribution in [0.4, 0.5) is 0 Å². The third-order valence-electron chi connectivity index (χ3n) is 6.30. The Hall–Kier alpha value is -4.46. The highest BCUT2D eigenvalue weighted by atomic mass is 16.4. The van der Waals surface area contributed by atoms with Crippen LogP contribution in [-0.2, 0) is 35.2 Å². The minimum atomic E-state index is -1.63. The fraction of sp³-hybridized carbons (Fsp3) is 0.417. The molecule has 4 amide bonds. The second-order valence-corrected chi connectivity index (χ2v) is 9.09. The molecule has 1 aromatic carbocycles. The van der Waals surface area contributed by atoms with Crippen LogP contribution in [0.2, 0.25) is 0 Å². The Bertz CT molecular complexity index is 1240. The van der Waals surface area contributed by atoms with Crippen molar-refractivity contribution in [2.75, 3.05) is 6.54 Å². The number of aromatic amines is 1. The van der Waals surface area contributed by atoms with E-state index < -0.39 is 72.6 Å². The first-order chi connectivity index (χ1) is 18.0. The zero-order valence-electron chi connectivity index (χ0n) is 20.4. The maximum Gasteiger partial charge on any atom is 0.326 e. The lowest BCUT2D eigenvalue weighted by Gasteiger charge is -2.28. The predicted octanol–water partition coefficient (Wildman–Crippen LogP) is -1.57. The number of nitrogens with zero attached hydrogens (tertiary/aromatic N) is 1. The topological polar surface area (TPSA) is 238 Å². The summed E-state index contributed by atoms with van der Waals surface area (Å²) in [5.41, 5.74) is 12.1. The van der Waals surface area contributed by atoms with Gasteiger partial charge in [0.2, 0.25) is 23.6 Å². The molecule has 38 heavy (non-hydrogen) atoms. The number of aliphatic carboxylic acids is 2. The third kappa shape index (κ3) is 6.85. The molecule has 0 saturated carbocycles. The molecule has 14 nitrogen and oxygen atoms in total. The van der Waals surface area contributed by atoms with Gasteiger partial charge in [-0.15, -0.1) is 0 Å². The number of primary amides is 1. The summed E-state index contributed by atoms with van der Waals surface area (Å²) in [7, 11) is 0. The van der Waals surface area contributed by atoms with Gasteiger partial charge >= 0.3 is 11.9 Å². The van der Waals surface area contributed by atoms with Crippen molar-refractivity contribution in [3.8, 4) is 0 Å². The molecule has 4 unspecified atom stereocenters. The summed E-state index contributed by atoms with van der Waals surface area (Å²) in [6.45, 7) is 0.174. The van der Waals surface area contributed by atoms with Crippen LogP contribution in [0.3, 0.4) is 0 Å². The summed E-state index contributed by atoms with van der Waals surface area (Å²) in [6.07, 6.45) is 0.981. The molecule has 3 rings (SSSR count). The Morgan fingerprint density at radius 3 is 2.37 bits per heavy atom. The minimum absolute atomic E-state index is 0.0354. The molecule has 1 aromatic heterocycles. The number of nitrogens with one attached hydrogen (secondary N) is 3. The molecule has 204 valence electrons. The van der Waals surface area contributed by atoms with E-state index in [4.69, 9.17) is 11.5 Å². The number of hydrogen-bond acceptors (Lipinski definition) is 7. The summed E-state index contributed by atoms with van der Waals surface area (Å²) in [6, 6.07) is 1.87. The number of nitrogens with two attached hydrogens (primary N) is 2. The number of carboxylic acid groups (broad SMARTS) is 2. The van der Waals surface area contributed by atoms with Crippen LogP contribution in [0.1, 0.15) is 31.2 Å². The number of para-hydroxylation sites is 1. The van der Waals surface area contributed by atoms with E-state index in [1.807, 2.05) is 18.2 Å². The molecule has 2 heterocycles. The summed E-state index contributed by atoms with van der Waals surface area (Å²) in [5.74, 6) is -6.08. The maximum atomic E-state index is 13.5. The van der Waals surface area contributed by atoms with Crippen molar-refractivity contribution < 1.29 is 39.0 Å². The summed E-state index contributed by atoms with van der Waals surface area (Å²) >= 11 is 0. The molecule has 1 fully saturated rings. The first-order valence-corrected chi connectivity index (χ1v) is 11.9. The molecule has 4 atom stereocenters. The maximum absolute atomic E-state index is 13.5. The lowest BCUT2D eigenvalue weighted by atomic mass is 10.0. The summed E-state index contributed by atoms with van der Waals surface area (Å²) < 4.78 is 0. The molecule has 14 heteroatoms. The number of fused-ring (bicyclic) bond motifs is 1. The number of carbonyl (C=O) groups is 6. The van der Waals surface area contributed by atoms with Crippen molar-refractivity contribution in [1.29, 1.82) is 0 Å². The van der Waals surface area contributed by atoms with Crippen molar-refractivity contribution in [2.45, 2.75) is 56.3 Å². The molecule has 1 saturated heterocycles. The molecule has 0 bridgehead atoms. The van der Waals surface area contributed by atoms with Crippen molar-refractivity contribution >= 4 is 46.5 Å². The van der Waals surface area contributed by atoms with E-state index in [0.717, 1.165) is 10.9 Å². The van der Waals surface area contributed by atoms with Gasteiger partial charge in [-0.2, -0.15) is 0 Å². The van der Waals surface area contributed by atoms with Crippen LogP contribution >= 0.6 is 0 Å². The third-order valence-corrected chi connectivity index (χ3v) is 6.30. The lowest BCUT2D eigenvalue weighted by Crippen LogP contribution is -2.58. The molecule has 0 spiro atoms. The van der Waals surface area contributed by atoms with E-state index in [1.54, 1.807) is 12.3 Å². The molecular weight excluding hydrogens is 500 g/mol. The van der Waals surface area contributed by atoms with Gasteiger partial charge in [-0.05, 0) is 24.5 Å². The minimum Gasteiger partial charge on any atom is -0.481 e. The van der Waals surface area contributed by atoms with Crippen molar-refractivity contribution in [1.82, 2.24) is 20.5 Å². The smallest absolute Gasteiger partial charge is 0.326 e. The first kappa shape index (κ1) is 28.1. The molecule has 1 aliphatic rings. The summed E-state index contributed by atoms with van der Waals surface area (Å²) in [5, 5.41) is 24.3. The van der Waals surface area contributed by atoms with Gasteiger partial charge in [0, 0.05) is 30.1 Å². The number of carboxylic acids is 2. The molecule has 1 aliphatic heterocycles. The van der Waals surface area contributed by atoms with E-state index in [9.17, 15) is 39.0 Å². The number of H-pyrrole nitrogens is 1. The quantitative estimate of drug-likeness (QED) is 0.167. The monoisotopic (exact) mass is 530 g/mol.